The minimum atomic E-state index is -0.279. The van der Waals surface area contributed by atoms with Crippen molar-refractivity contribution < 1.29 is 14.0 Å². The molecule has 7 heteroatoms. The van der Waals surface area contributed by atoms with Gasteiger partial charge in [-0.3, -0.25) is 14.3 Å². The number of carbonyl (C=O) groups is 2. The number of fused-ring (bicyclic) bond motifs is 1. The van der Waals surface area contributed by atoms with E-state index in [4.69, 9.17) is 0 Å². The number of benzene rings is 1. The van der Waals surface area contributed by atoms with E-state index in [1.54, 1.807) is 34.8 Å². The average molecular weight is 328 g/mol. The van der Waals surface area contributed by atoms with E-state index in [0.717, 1.165) is 12.0 Å². The Labute approximate surface area is 138 Å². The molecule has 0 bridgehead atoms. The first kappa shape index (κ1) is 14.9. The number of rotatable bonds is 3. The second kappa shape index (κ2) is 5.43. The Morgan fingerprint density at radius 3 is 2.79 bits per heavy atom. The minimum absolute atomic E-state index is 0.0927. The predicted molar refractivity (Wildman–Crippen MR) is 85.1 cm³/mol. The van der Waals surface area contributed by atoms with Crippen LogP contribution in [0.4, 0.5) is 10.2 Å². The topological polar surface area (TPSA) is 67.2 Å². The Hall–Kier alpha value is -2.70. The van der Waals surface area contributed by atoms with Gasteiger partial charge in [0, 0.05) is 25.6 Å². The molecular weight excluding hydrogens is 311 g/mol. The van der Waals surface area contributed by atoms with Gasteiger partial charge < -0.3 is 10.2 Å². The number of hydrogen-bond donors (Lipinski definition) is 1. The van der Waals surface area contributed by atoms with Gasteiger partial charge in [0.15, 0.2) is 5.82 Å². The van der Waals surface area contributed by atoms with Gasteiger partial charge in [-0.05, 0) is 30.0 Å². The van der Waals surface area contributed by atoms with Crippen LogP contribution in [-0.4, -0.2) is 40.1 Å². The van der Waals surface area contributed by atoms with E-state index in [1.165, 1.54) is 12.1 Å². The van der Waals surface area contributed by atoms with Crippen LogP contribution in [0.5, 0.6) is 0 Å². The maximum atomic E-state index is 13.0. The Bertz CT molecular complexity index is 814. The molecule has 1 aromatic heterocycles. The van der Waals surface area contributed by atoms with Gasteiger partial charge in [0.05, 0.1) is 6.54 Å². The Kier molecular flexibility index (Phi) is 3.37. The molecule has 24 heavy (non-hydrogen) atoms. The summed E-state index contributed by atoms with van der Waals surface area (Å²) in [5.74, 6) is -0.0874. The van der Waals surface area contributed by atoms with Crippen molar-refractivity contribution in [3.8, 4) is 0 Å². The van der Waals surface area contributed by atoms with Crippen LogP contribution in [0.2, 0.25) is 0 Å². The quantitative estimate of drug-likeness (QED) is 0.935. The molecule has 0 saturated heterocycles. The highest BCUT2D eigenvalue weighted by molar-refractivity contribution is 5.97. The molecule has 2 aliphatic rings. The van der Waals surface area contributed by atoms with Crippen LogP contribution in [0.3, 0.4) is 0 Å². The highest BCUT2D eigenvalue weighted by atomic mass is 19.1. The van der Waals surface area contributed by atoms with E-state index in [0.29, 0.717) is 24.6 Å². The molecule has 1 N–H and O–H groups in total. The summed E-state index contributed by atoms with van der Waals surface area (Å²) < 4.78 is 14.6. The summed E-state index contributed by atoms with van der Waals surface area (Å²) in [7, 11) is 1.74. The lowest BCUT2D eigenvalue weighted by Gasteiger charge is -2.22. The van der Waals surface area contributed by atoms with Gasteiger partial charge in [-0.1, -0.05) is 12.1 Å². The normalized spacial score (nSPS) is 22.2. The molecule has 1 saturated carbocycles. The van der Waals surface area contributed by atoms with E-state index in [2.05, 4.69) is 10.4 Å². The molecule has 0 spiro atoms. The molecule has 2 aromatic rings. The summed E-state index contributed by atoms with van der Waals surface area (Å²) in [5, 5.41) is 7.07. The SMILES string of the molecule is CN1CCn2nc(NC(=O)[C@@H]3C[C@H]3c3ccc(F)cc3)cc2C1=O. The second-order valence-electron chi connectivity index (χ2n) is 6.35. The fraction of sp³-hybridized carbons (Fsp3) is 0.353. The summed E-state index contributed by atoms with van der Waals surface area (Å²) in [5.41, 5.74) is 1.46. The van der Waals surface area contributed by atoms with E-state index >= 15 is 0 Å². The van der Waals surface area contributed by atoms with Crippen molar-refractivity contribution in [2.75, 3.05) is 18.9 Å². The molecule has 2 atom stereocenters. The maximum Gasteiger partial charge on any atom is 0.272 e. The zero-order valence-corrected chi connectivity index (χ0v) is 13.2. The number of likely N-dealkylation sites (N-methyl/N-ethyl adjacent to an activating group) is 1. The first-order valence-corrected chi connectivity index (χ1v) is 7.92. The highest BCUT2D eigenvalue weighted by Gasteiger charge is 2.44. The monoisotopic (exact) mass is 328 g/mol. The van der Waals surface area contributed by atoms with Crippen LogP contribution in [0.1, 0.15) is 28.4 Å². The Morgan fingerprint density at radius 1 is 1.29 bits per heavy atom. The van der Waals surface area contributed by atoms with Crippen molar-refractivity contribution in [2.45, 2.75) is 18.9 Å². The van der Waals surface area contributed by atoms with Crippen molar-refractivity contribution in [3.05, 3.63) is 47.4 Å². The number of amides is 2. The second-order valence-corrected chi connectivity index (χ2v) is 6.35. The summed E-state index contributed by atoms with van der Waals surface area (Å²) in [6.07, 6.45) is 0.743. The van der Waals surface area contributed by atoms with Gasteiger partial charge in [-0.2, -0.15) is 5.10 Å². The van der Waals surface area contributed by atoms with Crippen LogP contribution in [-0.2, 0) is 11.3 Å². The fourth-order valence-electron chi connectivity index (χ4n) is 3.14. The summed E-state index contributed by atoms with van der Waals surface area (Å²) >= 11 is 0. The standard InChI is InChI=1S/C17H17FN4O2/c1-21-6-7-22-14(17(21)24)9-15(20-22)19-16(23)13-8-12(13)10-2-4-11(18)5-3-10/h2-5,9,12-13H,6-8H2,1H3,(H,19,20,23)/t12-,13+/m0/s1. The number of carbonyl (C=O) groups excluding carboxylic acids is 2. The van der Waals surface area contributed by atoms with Crippen LogP contribution in [0.25, 0.3) is 0 Å². The van der Waals surface area contributed by atoms with E-state index in [1.807, 2.05) is 0 Å². The molecule has 2 heterocycles. The number of halogens is 1. The molecule has 6 nitrogen and oxygen atoms in total. The smallest absolute Gasteiger partial charge is 0.272 e. The number of nitrogens with zero attached hydrogens (tertiary/aromatic N) is 3. The van der Waals surface area contributed by atoms with Crippen molar-refractivity contribution in [3.63, 3.8) is 0 Å². The fourth-order valence-corrected chi connectivity index (χ4v) is 3.14. The van der Waals surface area contributed by atoms with E-state index in [9.17, 15) is 14.0 Å². The van der Waals surface area contributed by atoms with Gasteiger partial charge in [0.2, 0.25) is 5.91 Å². The zero-order valence-electron chi connectivity index (χ0n) is 13.2. The van der Waals surface area contributed by atoms with Crippen molar-refractivity contribution in [1.29, 1.82) is 0 Å². The lowest BCUT2D eigenvalue weighted by molar-refractivity contribution is -0.117. The Morgan fingerprint density at radius 2 is 2.04 bits per heavy atom. The summed E-state index contributed by atoms with van der Waals surface area (Å²) in [4.78, 5) is 26.0. The molecule has 4 rings (SSSR count). The van der Waals surface area contributed by atoms with Crippen molar-refractivity contribution in [1.82, 2.24) is 14.7 Å². The summed E-state index contributed by atoms with van der Waals surface area (Å²) in [6.45, 7) is 1.23. The Balaban J connectivity index is 1.43. The van der Waals surface area contributed by atoms with Gasteiger partial charge in [-0.25, -0.2) is 4.39 Å². The van der Waals surface area contributed by atoms with Crippen LogP contribution in [0, 0.1) is 11.7 Å². The third kappa shape index (κ3) is 2.55. The number of nitrogens with one attached hydrogen (secondary N) is 1. The van der Waals surface area contributed by atoms with Gasteiger partial charge >= 0.3 is 0 Å². The van der Waals surface area contributed by atoms with E-state index in [-0.39, 0.29) is 29.5 Å². The zero-order chi connectivity index (χ0) is 16.8. The van der Waals surface area contributed by atoms with Gasteiger partial charge in [0.1, 0.15) is 11.5 Å². The van der Waals surface area contributed by atoms with Gasteiger partial charge in [0.25, 0.3) is 5.91 Å². The molecule has 2 amide bonds. The first-order valence-electron chi connectivity index (χ1n) is 7.92. The minimum Gasteiger partial charge on any atom is -0.339 e. The summed E-state index contributed by atoms with van der Waals surface area (Å²) in [6, 6.07) is 7.88. The third-order valence-corrected chi connectivity index (χ3v) is 4.67. The van der Waals surface area contributed by atoms with Gasteiger partial charge in [-0.15, -0.1) is 0 Å². The highest BCUT2D eigenvalue weighted by Crippen LogP contribution is 2.47. The molecule has 1 fully saturated rings. The number of hydrogen-bond acceptors (Lipinski definition) is 3. The number of anilines is 1. The van der Waals surface area contributed by atoms with Crippen molar-refractivity contribution >= 4 is 17.6 Å². The lowest BCUT2D eigenvalue weighted by Crippen LogP contribution is -2.37. The first-order chi connectivity index (χ1) is 11.5. The lowest BCUT2D eigenvalue weighted by atomic mass is 10.1. The van der Waals surface area contributed by atoms with Crippen LogP contribution in [0.15, 0.2) is 30.3 Å². The van der Waals surface area contributed by atoms with E-state index < -0.39 is 0 Å². The molecule has 124 valence electrons. The average Bonchev–Trinajstić information content (AvgIpc) is 3.26. The molecular formula is C17H17FN4O2. The molecule has 1 aliphatic heterocycles. The predicted octanol–water partition coefficient (Wildman–Crippen LogP) is 1.85. The van der Waals surface area contributed by atoms with Crippen LogP contribution < -0.4 is 5.32 Å². The molecule has 0 radical (unpaired) electrons. The largest absolute Gasteiger partial charge is 0.339 e. The molecule has 1 aliphatic carbocycles. The number of aromatic nitrogens is 2. The maximum absolute atomic E-state index is 13.0. The molecule has 1 aromatic carbocycles. The van der Waals surface area contributed by atoms with Crippen LogP contribution >= 0.6 is 0 Å². The third-order valence-electron chi connectivity index (χ3n) is 4.67. The molecule has 0 unspecified atom stereocenters. The van der Waals surface area contributed by atoms with Crippen molar-refractivity contribution in [2.24, 2.45) is 5.92 Å².